The van der Waals surface area contributed by atoms with Crippen LogP contribution in [0.3, 0.4) is 0 Å². The average Bonchev–Trinajstić information content (AvgIpc) is 2.82. The lowest BCUT2D eigenvalue weighted by molar-refractivity contribution is -0.190. The van der Waals surface area contributed by atoms with E-state index in [9.17, 15) is 24.6 Å². The van der Waals surface area contributed by atoms with Crippen LogP contribution in [-0.2, 0) is 28.6 Å². The van der Waals surface area contributed by atoms with Gasteiger partial charge in [0.2, 0.25) is 6.79 Å². The summed E-state index contributed by atoms with van der Waals surface area (Å²) in [5.74, 6) is -2.21. The predicted octanol–water partition coefficient (Wildman–Crippen LogP) is -0.106. The fourth-order valence-electron chi connectivity index (χ4n) is 3.31. The fraction of sp³-hybridized carbons (Fsp3) is 0.800. The van der Waals surface area contributed by atoms with Gasteiger partial charge < -0.3 is 24.4 Å². The van der Waals surface area contributed by atoms with Crippen molar-refractivity contribution in [2.45, 2.75) is 58.3 Å². The zero-order valence-corrected chi connectivity index (χ0v) is 13.6. The van der Waals surface area contributed by atoms with Gasteiger partial charge in [-0.2, -0.15) is 0 Å². The number of esters is 3. The molecule has 8 nitrogen and oxygen atoms in total. The quantitative estimate of drug-likeness (QED) is 0.543. The molecule has 2 aliphatic rings. The second-order valence-corrected chi connectivity index (χ2v) is 7.16. The maximum Gasteiger partial charge on any atom is 0.322 e. The summed E-state index contributed by atoms with van der Waals surface area (Å²) in [6.07, 6.45) is -3.00. The second kappa shape index (κ2) is 5.45. The molecule has 1 saturated heterocycles. The molecule has 1 aliphatic carbocycles. The molecule has 130 valence electrons. The van der Waals surface area contributed by atoms with Gasteiger partial charge in [0.15, 0.2) is 0 Å². The van der Waals surface area contributed by atoms with Crippen molar-refractivity contribution in [1.29, 1.82) is 0 Å². The Kier molecular flexibility index (Phi) is 4.19. The highest BCUT2D eigenvalue weighted by molar-refractivity contribution is 5.89. The number of carbonyl (C=O) groups excluding carboxylic acids is 3. The first-order valence-corrected chi connectivity index (χ1v) is 7.35. The molecular formula is C15H22O8. The van der Waals surface area contributed by atoms with E-state index in [1.165, 1.54) is 0 Å². The van der Waals surface area contributed by atoms with Crippen molar-refractivity contribution in [2.24, 2.45) is 10.8 Å². The largest absolute Gasteiger partial charge is 0.461 e. The van der Waals surface area contributed by atoms with E-state index in [0.29, 0.717) is 0 Å². The van der Waals surface area contributed by atoms with Crippen LogP contribution in [0.2, 0.25) is 0 Å². The minimum atomic E-state index is -1.70. The molecule has 1 heterocycles. The molecule has 1 saturated carbocycles. The normalized spacial score (nSPS) is 36.3. The van der Waals surface area contributed by atoms with E-state index in [4.69, 9.17) is 9.47 Å². The molecule has 4 atom stereocenters. The molecule has 0 amide bonds. The van der Waals surface area contributed by atoms with Gasteiger partial charge in [0.05, 0.1) is 6.42 Å². The van der Waals surface area contributed by atoms with Gasteiger partial charge in [-0.25, -0.2) is 0 Å². The van der Waals surface area contributed by atoms with Crippen LogP contribution in [-0.4, -0.2) is 52.7 Å². The highest BCUT2D eigenvalue weighted by Gasteiger charge is 2.73. The molecular weight excluding hydrogens is 308 g/mol. The molecule has 0 bridgehead atoms. The highest BCUT2D eigenvalue weighted by Crippen LogP contribution is 2.57. The molecule has 0 aromatic carbocycles. The number of hydrogen-bond acceptors (Lipinski definition) is 8. The molecule has 2 rings (SSSR count). The molecule has 23 heavy (non-hydrogen) atoms. The van der Waals surface area contributed by atoms with E-state index >= 15 is 0 Å². The number of carbonyl (C=O) groups is 3. The molecule has 0 radical (unpaired) electrons. The summed E-state index contributed by atoms with van der Waals surface area (Å²) >= 11 is 0. The van der Waals surface area contributed by atoms with E-state index in [-0.39, 0.29) is 6.42 Å². The minimum Gasteiger partial charge on any atom is -0.461 e. The lowest BCUT2D eigenvalue weighted by atomic mass is 9.70. The smallest absolute Gasteiger partial charge is 0.322 e. The number of aliphatic hydroxyl groups is 2. The van der Waals surface area contributed by atoms with Crippen molar-refractivity contribution in [1.82, 2.24) is 0 Å². The van der Waals surface area contributed by atoms with Crippen LogP contribution in [0.1, 0.15) is 40.5 Å². The van der Waals surface area contributed by atoms with Crippen LogP contribution >= 0.6 is 0 Å². The van der Waals surface area contributed by atoms with E-state index < -0.39 is 59.8 Å². The van der Waals surface area contributed by atoms with Crippen molar-refractivity contribution in [3.8, 4) is 0 Å². The number of hydrogen-bond donors (Lipinski definition) is 2. The zero-order chi connectivity index (χ0) is 17.6. The van der Waals surface area contributed by atoms with Gasteiger partial charge in [0.25, 0.3) is 0 Å². The Morgan fingerprint density at radius 2 is 1.96 bits per heavy atom. The number of rotatable bonds is 3. The van der Waals surface area contributed by atoms with Crippen LogP contribution < -0.4 is 0 Å². The van der Waals surface area contributed by atoms with Gasteiger partial charge in [0, 0.05) is 13.3 Å². The first-order chi connectivity index (χ1) is 10.4. The fourth-order valence-corrected chi connectivity index (χ4v) is 3.31. The Morgan fingerprint density at radius 1 is 1.35 bits per heavy atom. The Balaban J connectivity index is 2.30. The number of ether oxygens (including phenoxy) is 3. The van der Waals surface area contributed by atoms with Gasteiger partial charge in [-0.3, -0.25) is 14.4 Å². The van der Waals surface area contributed by atoms with Gasteiger partial charge in [-0.1, -0.05) is 20.8 Å². The first kappa shape index (κ1) is 17.7. The summed E-state index contributed by atoms with van der Waals surface area (Å²) in [6, 6.07) is 0. The Morgan fingerprint density at radius 3 is 2.48 bits per heavy atom. The van der Waals surface area contributed by atoms with E-state index in [1.807, 2.05) is 0 Å². The van der Waals surface area contributed by atoms with Crippen molar-refractivity contribution >= 4 is 17.9 Å². The van der Waals surface area contributed by atoms with Crippen molar-refractivity contribution in [3.05, 3.63) is 0 Å². The summed E-state index contributed by atoms with van der Waals surface area (Å²) in [4.78, 5) is 34.9. The third-order valence-electron chi connectivity index (χ3n) is 4.85. The zero-order valence-electron chi connectivity index (χ0n) is 13.6. The van der Waals surface area contributed by atoms with Crippen LogP contribution in [0.4, 0.5) is 0 Å². The lowest BCUT2D eigenvalue weighted by Crippen LogP contribution is -2.56. The third-order valence-corrected chi connectivity index (χ3v) is 4.85. The van der Waals surface area contributed by atoms with Crippen LogP contribution in [0.15, 0.2) is 0 Å². The molecule has 1 aliphatic heterocycles. The van der Waals surface area contributed by atoms with Gasteiger partial charge in [-0.15, -0.1) is 0 Å². The van der Waals surface area contributed by atoms with Gasteiger partial charge in [0.1, 0.15) is 23.2 Å². The van der Waals surface area contributed by atoms with Crippen molar-refractivity contribution in [3.63, 3.8) is 0 Å². The van der Waals surface area contributed by atoms with E-state index in [0.717, 1.165) is 6.92 Å². The summed E-state index contributed by atoms with van der Waals surface area (Å²) in [5.41, 5.74) is -4.08. The van der Waals surface area contributed by atoms with Gasteiger partial charge in [-0.05, 0) is 5.41 Å². The third kappa shape index (κ3) is 2.59. The maximum atomic E-state index is 12.5. The van der Waals surface area contributed by atoms with Crippen molar-refractivity contribution in [2.75, 3.05) is 6.79 Å². The first-order valence-electron chi connectivity index (χ1n) is 7.35. The standard InChI is InChI=1S/C15H22O8/c1-8(16)21-7-22-12(19)14-6-10(17)23-9(14)5-15(20,11(14)18)13(2,3)4/h9,11,18,20H,5-7H2,1-4H3/t9-,11-,14+,15-/m0/s1. The molecule has 0 spiro atoms. The summed E-state index contributed by atoms with van der Waals surface area (Å²) in [7, 11) is 0. The lowest BCUT2D eigenvalue weighted by Gasteiger charge is -2.41. The highest BCUT2D eigenvalue weighted by atomic mass is 16.7. The van der Waals surface area contributed by atoms with E-state index in [2.05, 4.69) is 4.74 Å². The van der Waals surface area contributed by atoms with Crippen LogP contribution in [0.5, 0.6) is 0 Å². The van der Waals surface area contributed by atoms with Gasteiger partial charge >= 0.3 is 17.9 Å². The molecule has 0 aromatic heterocycles. The van der Waals surface area contributed by atoms with Crippen molar-refractivity contribution < 1.29 is 38.8 Å². The molecule has 2 fully saturated rings. The molecule has 2 N–H and O–H groups in total. The predicted molar refractivity (Wildman–Crippen MR) is 74.7 cm³/mol. The van der Waals surface area contributed by atoms with Crippen LogP contribution in [0, 0.1) is 10.8 Å². The topological polar surface area (TPSA) is 119 Å². The maximum absolute atomic E-state index is 12.5. The minimum absolute atomic E-state index is 0.0773. The monoisotopic (exact) mass is 330 g/mol. The summed E-state index contributed by atoms with van der Waals surface area (Å²) in [5, 5.41) is 21.6. The number of fused-ring (bicyclic) bond motifs is 1. The summed E-state index contributed by atoms with van der Waals surface area (Å²) < 4.78 is 14.6. The number of aliphatic hydroxyl groups excluding tert-OH is 1. The van der Waals surface area contributed by atoms with Crippen LogP contribution in [0.25, 0.3) is 0 Å². The second-order valence-electron chi connectivity index (χ2n) is 7.16. The Bertz CT molecular complexity index is 536. The molecule has 8 heteroatoms. The Hall–Kier alpha value is -1.67. The molecule has 0 unspecified atom stereocenters. The average molecular weight is 330 g/mol. The SMILES string of the molecule is CC(=O)OCOC(=O)[C@]12CC(=O)O[C@H]1C[C@@](O)(C(C)(C)C)[C@H]2O. The summed E-state index contributed by atoms with van der Waals surface area (Å²) in [6.45, 7) is 5.68. The van der Waals surface area contributed by atoms with E-state index in [1.54, 1.807) is 20.8 Å². The Labute approximate surface area is 133 Å². The molecule has 0 aromatic rings.